The van der Waals surface area contributed by atoms with Crippen molar-refractivity contribution in [3.63, 3.8) is 0 Å². The van der Waals surface area contributed by atoms with Crippen LogP contribution in [0.4, 0.5) is 11.5 Å². The average molecular weight is 834 g/mol. The first-order valence-electron chi connectivity index (χ1n) is 20.0. The van der Waals surface area contributed by atoms with E-state index in [-0.39, 0.29) is 37.7 Å². The molecule has 0 bridgehead atoms. The third-order valence-electron chi connectivity index (χ3n) is 8.98. The highest BCUT2D eigenvalue weighted by Gasteiger charge is 2.23. The number of nitrogens with one attached hydrogen (secondary N) is 2. The second-order valence-electron chi connectivity index (χ2n) is 13.7. The maximum Gasteiger partial charge on any atom is 0.290 e. The largest absolute Gasteiger partial charge is 0.483 e. The molecule has 1 aromatic heterocycles. The normalized spacial score (nSPS) is 12.4. The van der Waals surface area contributed by atoms with Gasteiger partial charge < -0.3 is 45.3 Å². The van der Waals surface area contributed by atoms with Crippen LogP contribution in [0.1, 0.15) is 55.7 Å². The molecule has 17 nitrogen and oxygen atoms in total. The summed E-state index contributed by atoms with van der Waals surface area (Å²) in [7, 11) is 2.05. The van der Waals surface area contributed by atoms with Gasteiger partial charge in [-0.3, -0.25) is 28.9 Å². The van der Waals surface area contributed by atoms with E-state index < -0.39 is 11.8 Å². The lowest BCUT2D eigenvalue weighted by Gasteiger charge is -2.22. The maximum absolute atomic E-state index is 12.4. The third-order valence-corrected chi connectivity index (χ3v) is 8.98. The number of hydrogen-bond acceptors (Lipinski definition) is 12. The number of aryl methyl sites for hydroxylation is 1. The van der Waals surface area contributed by atoms with E-state index in [9.17, 15) is 19.2 Å². The summed E-state index contributed by atoms with van der Waals surface area (Å²) in [5.74, 6) is 0.225. The number of carbonyl (C=O) groups is 5. The highest BCUT2D eigenvalue weighted by atomic mass is 16.6. The Morgan fingerprint density at radius 3 is 2.05 bits per heavy atom. The molecule has 0 radical (unpaired) electrons. The molecule has 0 saturated carbocycles. The van der Waals surface area contributed by atoms with E-state index in [0.717, 1.165) is 57.6 Å². The maximum atomic E-state index is 12.4. The molecule has 0 aliphatic carbocycles. The molecule has 17 heteroatoms. The number of carboxylic acid groups (broad SMARTS) is 1. The number of amides is 4. The number of nitrogens with zero attached hydrogens (tertiary/aromatic N) is 4. The summed E-state index contributed by atoms with van der Waals surface area (Å²) < 4.78 is 21.9. The molecule has 0 atom stereocenters. The number of ether oxygens (including phenoxy) is 4. The molecule has 1 aliphatic heterocycles. The number of nitrogen functional groups attached to an aromatic ring is 1. The third kappa shape index (κ3) is 18.4. The quantitative estimate of drug-likeness (QED) is 0.0298. The van der Waals surface area contributed by atoms with Gasteiger partial charge in [0, 0.05) is 70.0 Å². The van der Waals surface area contributed by atoms with E-state index in [4.69, 9.17) is 39.6 Å². The number of aliphatic imine (C=N–C) groups is 1. The lowest BCUT2D eigenvalue weighted by atomic mass is 10.1. The Morgan fingerprint density at radius 2 is 1.42 bits per heavy atom. The average Bonchev–Trinajstić information content (AvgIpc) is 3.55. The van der Waals surface area contributed by atoms with Crippen molar-refractivity contribution in [3.8, 4) is 0 Å². The summed E-state index contributed by atoms with van der Waals surface area (Å²) in [6.07, 6.45) is 5.58. The summed E-state index contributed by atoms with van der Waals surface area (Å²) in [5, 5.41) is 13.5. The number of benzene rings is 2. The molecule has 1 aliphatic rings. The first kappa shape index (κ1) is 48.6. The Bertz CT molecular complexity index is 1870. The van der Waals surface area contributed by atoms with Gasteiger partial charge in [-0.1, -0.05) is 49.7 Å². The molecule has 3 aromatic rings. The van der Waals surface area contributed by atoms with Gasteiger partial charge >= 0.3 is 0 Å². The number of anilines is 1. The van der Waals surface area contributed by atoms with Crippen LogP contribution in [0.25, 0.3) is 10.9 Å². The van der Waals surface area contributed by atoms with Crippen molar-refractivity contribution >= 4 is 58.3 Å². The van der Waals surface area contributed by atoms with E-state index in [1.54, 1.807) is 0 Å². The Labute approximate surface area is 351 Å². The Morgan fingerprint density at radius 1 is 0.833 bits per heavy atom. The molecule has 0 spiro atoms. The molecule has 60 heavy (non-hydrogen) atoms. The summed E-state index contributed by atoms with van der Waals surface area (Å²) in [6, 6.07) is 16.4. The predicted octanol–water partition coefficient (Wildman–Crippen LogP) is 3.68. The zero-order valence-electron chi connectivity index (χ0n) is 34.9. The molecule has 2 aromatic carbocycles. The number of hydrogen-bond donors (Lipinski definition) is 4. The van der Waals surface area contributed by atoms with Crippen molar-refractivity contribution in [1.82, 2.24) is 25.4 Å². The number of fused-ring (bicyclic) bond motifs is 1. The van der Waals surface area contributed by atoms with Crippen molar-refractivity contribution in [2.45, 2.75) is 59.0 Å². The van der Waals surface area contributed by atoms with Gasteiger partial charge in [-0.15, -0.1) is 0 Å². The summed E-state index contributed by atoms with van der Waals surface area (Å²) in [4.78, 5) is 68.3. The van der Waals surface area contributed by atoms with E-state index in [0.29, 0.717) is 84.0 Å². The Balaban J connectivity index is 0.00000311. The van der Waals surface area contributed by atoms with Gasteiger partial charge in [0.15, 0.2) is 0 Å². The SMILES string of the molecule is CCCCC(=Nc1cc2ccc(C)cc2nc1N)N(C)Cc1ccc(CNC(=O)CCOCCOCCOCCOCCNC(=O)CCN2C(=O)C=CC2=O)cc1.O=CO. The lowest BCUT2D eigenvalue weighted by molar-refractivity contribution is -0.137. The van der Waals surface area contributed by atoms with Gasteiger partial charge in [0.2, 0.25) is 11.8 Å². The fourth-order valence-electron chi connectivity index (χ4n) is 5.74. The fraction of sp³-hybridized carbons (Fsp3) is 0.465. The summed E-state index contributed by atoms with van der Waals surface area (Å²) >= 11 is 0. The minimum absolute atomic E-state index is 0.0421. The van der Waals surface area contributed by atoms with Crippen LogP contribution in [0.2, 0.25) is 0 Å². The summed E-state index contributed by atoms with van der Waals surface area (Å²) in [5.41, 5.74) is 11.2. The van der Waals surface area contributed by atoms with Crippen LogP contribution in [0, 0.1) is 6.92 Å². The minimum Gasteiger partial charge on any atom is -0.483 e. The molecular formula is C43H59N7O10. The molecule has 0 fully saturated rings. The first-order chi connectivity index (χ1) is 29.0. The molecule has 0 unspecified atom stereocenters. The van der Waals surface area contributed by atoms with Crippen LogP contribution in [0.3, 0.4) is 0 Å². The van der Waals surface area contributed by atoms with E-state index in [2.05, 4.69) is 51.7 Å². The van der Waals surface area contributed by atoms with Gasteiger partial charge in [-0.05, 0) is 42.2 Å². The monoisotopic (exact) mass is 833 g/mol. The smallest absolute Gasteiger partial charge is 0.290 e. The molecule has 0 saturated heterocycles. The second-order valence-corrected chi connectivity index (χ2v) is 13.7. The lowest BCUT2D eigenvalue weighted by Crippen LogP contribution is -2.35. The van der Waals surface area contributed by atoms with Gasteiger partial charge in [-0.2, -0.15) is 0 Å². The minimum atomic E-state index is -0.403. The van der Waals surface area contributed by atoms with Crippen molar-refractivity contribution < 1.29 is 48.0 Å². The topological polar surface area (TPSA) is 224 Å². The number of unbranched alkanes of at least 4 members (excludes halogenated alkanes) is 1. The molecule has 326 valence electrons. The Hall–Kier alpha value is -5.75. The van der Waals surface area contributed by atoms with Crippen molar-refractivity contribution in [3.05, 3.63) is 77.4 Å². The van der Waals surface area contributed by atoms with E-state index in [1.807, 2.05) is 38.2 Å². The molecule has 5 N–H and O–H groups in total. The Kier molecular flexibility index (Phi) is 22.6. The van der Waals surface area contributed by atoms with Crippen LogP contribution in [-0.4, -0.2) is 129 Å². The van der Waals surface area contributed by atoms with Crippen LogP contribution in [0.5, 0.6) is 0 Å². The van der Waals surface area contributed by atoms with Gasteiger partial charge in [0.05, 0.1) is 58.4 Å². The molecule has 4 amide bonds. The summed E-state index contributed by atoms with van der Waals surface area (Å²) in [6.45, 7) is 8.36. The fourth-order valence-corrected chi connectivity index (χ4v) is 5.74. The predicted molar refractivity (Wildman–Crippen MR) is 227 cm³/mol. The van der Waals surface area contributed by atoms with E-state index >= 15 is 0 Å². The second kappa shape index (κ2) is 27.8. The van der Waals surface area contributed by atoms with Gasteiger partial charge in [0.1, 0.15) is 17.3 Å². The number of aromatic nitrogens is 1. The van der Waals surface area contributed by atoms with Crippen molar-refractivity contribution in [1.29, 1.82) is 0 Å². The number of nitrogens with two attached hydrogens (primary N) is 1. The van der Waals surface area contributed by atoms with Crippen molar-refractivity contribution in [2.75, 3.05) is 78.7 Å². The zero-order valence-corrected chi connectivity index (χ0v) is 34.9. The van der Waals surface area contributed by atoms with Gasteiger partial charge in [0.25, 0.3) is 18.3 Å². The number of amidine groups is 1. The number of pyridine rings is 1. The van der Waals surface area contributed by atoms with Crippen LogP contribution < -0.4 is 16.4 Å². The van der Waals surface area contributed by atoms with Crippen LogP contribution in [0.15, 0.2) is 65.7 Å². The zero-order chi connectivity index (χ0) is 43.5. The van der Waals surface area contributed by atoms with Crippen LogP contribution >= 0.6 is 0 Å². The highest BCUT2D eigenvalue weighted by Crippen LogP contribution is 2.27. The molecule has 2 heterocycles. The number of rotatable bonds is 26. The molecular weight excluding hydrogens is 775 g/mol. The van der Waals surface area contributed by atoms with E-state index in [1.165, 1.54) is 12.2 Å². The standard InChI is InChI=1S/C42H57N7O8.CH2O2/c1-4-5-6-37(46-36-28-34-12-7-31(2)27-35(34)47-42(36)43)48(3)30-33-10-8-32(9-11-33)29-45-39(51)16-19-54-21-23-56-25-26-57-24-22-55-20-17-44-38(50)15-18-49-40(52)13-14-41(49)53;2-1-3/h7-14,27-28H,4-6,15-26,29-30H2,1-3H3,(H2,43,47)(H,44,50)(H,45,51);1H,(H,2,3). The van der Waals surface area contributed by atoms with Crippen LogP contribution in [-0.2, 0) is 56.0 Å². The molecule has 4 rings (SSSR count). The highest BCUT2D eigenvalue weighted by molar-refractivity contribution is 6.13. The number of imide groups is 1. The number of carbonyl (C=O) groups excluding carboxylic acids is 4. The van der Waals surface area contributed by atoms with Crippen molar-refractivity contribution in [2.24, 2.45) is 4.99 Å². The first-order valence-corrected chi connectivity index (χ1v) is 20.0. The van der Waals surface area contributed by atoms with Gasteiger partial charge in [-0.25, -0.2) is 9.98 Å².